The normalized spacial score (nSPS) is 12.7. The number of aromatic nitrogens is 2. The molecular formula is C17H20BrN3O3. The number of benzene rings is 1. The summed E-state index contributed by atoms with van der Waals surface area (Å²) in [5.41, 5.74) is 2.34. The molecule has 1 aliphatic rings. The SMILES string of the molecule is CCN(Cc1ccc2c(c1)OCO2)C(=O)c1n[nH]c(C(C)C)c1Br. The van der Waals surface area contributed by atoms with Crippen molar-refractivity contribution < 1.29 is 14.3 Å². The molecular weight excluding hydrogens is 374 g/mol. The number of carbonyl (C=O) groups excluding carboxylic acids is 1. The Kier molecular flexibility index (Phi) is 4.80. The Hall–Kier alpha value is -2.02. The van der Waals surface area contributed by atoms with E-state index in [0.29, 0.717) is 18.8 Å². The highest BCUT2D eigenvalue weighted by Gasteiger charge is 2.24. The molecule has 0 aliphatic carbocycles. The number of aromatic amines is 1. The number of amides is 1. The second-order valence-electron chi connectivity index (χ2n) is 5.96. The number of fused-ring (bicyclic) bond motifs is 1. The van der Waals surface area contributed by atoms with Crippen LogP contribution in [0.25, 0.3) is 0 Å². The molecule has 2 heterocycles. The van der Waals surface area contributed by atoms with E-state index in [1.165, 1.54) is 0 Å². The quantitative estimate of drug-likeness (QED) is 0.840. The molecule has 1 aliphatic heterocycles. The van der Waals surface area contributed by atoms with Crippen LogP contribution < -0.4 is 9.47 Å². The Labute approximate surface area is 149 Å². The number of hydrogen-bond acceptors (Lipinski definition) is 4. The molecule has 0 fully saturated rings. The van der Waals surface area contributed by atoms with Crippen molar-refractivity contribution in [1.82, 2.24) is 15.1 Å². The molecule has 0 atom stereocenters. The summed E-state index contributed by atoms with van der Waals surface area (Å²) in [5, 5.41) is 7.15. The fourth-order valence-corrected chi connectivity index (χ4v) is 3.41. The second-order valence-corrected chi connectivity index (χ2v) is 6.75. The predicted molar refractivity (Wildman–Crippen MR) is 93.4 cm³/mol. The number of nitrogens with zero attached hydrogens (tertiary/aromatic N) is 2. The van der Waals surface area contributed by atoms with Gasteiger partial charge >= 0.3 is 0 Å². The summed E-state index contributed by atoms with van der Waals surface area (Å²) in [6.07, 6.45) is 0. The van der Waals surface area contributed by atoms with Gasteiger partial charge in [0.2, 0.25) is 6.79 Å². The highest BCUT2D eigenvalue weighted by Crippen LogP contribution is 2.33. The van der Waals surface area contributed by atoms with Crippen LogP contribution in [0.3, 0.4) is 0 Å². The van der Waals surface area contributed by atoms with Crippen molar-refractivity contribution in [1.29, 1.82) is 0 Å². The maximum Gasteiger partial charge on any atom is 0.275 e. The minimum Gasteiger partial charge on any atom is -0.454 e. The largest absolute Gasteiger partial charge is 0.454 e. The summed E-state index contributed by atoms with van der Waals surface area (Å²) in [7, 11) is 0. The summed E-state index contributed by atoms with van der Waals surface area (Å²) in [5.74, 6) is 1.62. The lowest BCUT2D eigenvalue weighted by molar-refractivity contribution is 0.0745. The lowest BCUT2D eigenvalue weighted by Crippen LogP contribution is -2.30. The lowest BCUT2D eigenvalue weighted by atomic mass is 10.1. The van der Waals surface area contributed by atoms with Crippen LogP contribution in [0.1, 0.15) is 48.4 Å². The average molecular weight is 394 g/mol. The molecule has 0 saturated carbocycles. The van der Waals surface area contributed by atoms with Gasteiger partial charge in [0.15, 0.2) is 17.2 Å². The van der Waals surface area contributed by atoms with E-state index in [0.717, 1.165) is 27.2 Å². The van der Waals surface area contributed by atoms with E-state index in [2.05, 4.69) is 40.0 Å². The fourth-order valence-electron chi connectivity index (χ4n) is 2.60. The zero-order chi connectivity index (χ0) is 17.3. The van der Waals surface area contributed by atoms with Crippen molar-refractivity contribution in [2.75, 3.05) is 13.3 Å². The first-order valence-electron chi connectivity index (χ1n) is 7.92. The van der Waals surface area contributed by atoms with Crippen LogP contribution in [0.2, 0.25) is 0 Å². The minimum atomic E-state index is -0.106. The van der Waals surface area contributed by atoms with E-state index >= 15 is 0 Å². The third-order valence-corrected chi connectivity index (χ3v) is 4.79. The maximum atomic E-state index is 12.8. The van der Waals surface area contributed by atoms with E-state index in [4.69, 9.17) is 9.47 Å². The van der Waals surface area contributed by atoms with Gasteiger partial charge in [0, 0.05) is 13.1 Å². The van der Waals surface area contributed by atoms with Gasteiger partial charge in [-0.2, -0.15) is 5.10 Å². The van der Waals surface area contributed by atoms with Gasteiger partial charge in [0.05, 0.1) is 10.2 Å². The summed E-state index contributed by atoms with van der Waals surface area (Å²) in [6, 6.07) is 5.73. The first-order chi connectivity index (χ1) is 11.5. The molecule has 1 amide bonds. The molecule has 0 unspecified atom stereocenters. The van der Waals surface area contributed by atoms with Gasteiger partial charge in [-0.3, -0.25) is 9.89 Å². The Morgan fingerprint density at radius 2 is 2.12 bits per heavy atom. The number of H-pyrrole nitrogens is 1. The highest BCUT2D eigenvalue weighted by molar-refractivity contribution is 9.10. The molecule has 1 N–H and O–H groups in total. The third-order valence-electron chi connectivity index (χ3n) is 3.99. The molecule has 1 aromatic heterocycles. The van der Waals surface area contributed by atoms with Crippen LogP contribution in [0.15, 0.2) is 22.7 Å². The van der Waals surface area contributed by atoms with Gasteiger partial charge in [-0.05, 0) is 46.5 Å². The zero-order valence-electron chi connectivity index (χ0n) is 13.9. The Bertz CT molecular complexity index is 758. The molecule has 0 spiro atoms. The van der Waals surface area contributed by atoms with Crippen molar-refractivity contribution in [2.45, 2.75) is 33.2 Å². The molecule has 128 valence electrons. The van der Waals surface area contributed by atoms with E-state index < -0.39 is 0 Å². The topological polar surface area (TPSA) is 67.5 Å². The van der Waals surface area contributed by atoms with Gasteiger partial charge in [-0.25, -0.2) is 0 Å². The first-order valence-corrected chi connectivity index (χ1v) is 8.72. The molecule has 24 heavy (non-hydrogen) atoms. The van der Waals surface area contributed by atoms with Crippen LogP contribution in [-0.2, 0) is 6.54 Å². The van der Waals surface area contributed by atoms with E-state index in [1.54, 1.807) is 4.90 Å². The van der Waals surface area contributed by atoms with Crippen LogP contribution >= 0.6 is 15.9 Å². The number of carbonyl (C=O) groups is 1. The maximum absolute atomic E-state index is 12.8. The molecule has 2 aromatic rings. The number of hydrogen-bond donors (Lipinski definition) is 1. The van der Waals surface area contributed by atoms with Gasteiger partial charge < -0.3 is 14.4 Å². The Balaban J connectivity index is 1.80. The van der Waals surface area contributed by atoms with Crippen molar-refractivity contribution in [3.8, 4) is 11.5 Å². The van der Waals surface area contributed by atoms with E-state index in [1.807, 2.05) is 25.1 Å². The van der Waals surface area contributed by atoms with Crippen LogP contribution in [0.4, 0.5) is 0 Å². The summed E-state index contributed by atoms with van der Waals surface area (Å²) in [4.78, 5) is 14.6. The van der Waals surface area contributed by atoms with Crippen molar-refractivity contribution in [3.05, 3.63) is 39.6 Å². The van der Waals surface area contributed by atoms with Crippen molar-refractivity contribution >= 4 is 21.8 Å². The molecule has 1 aromatic carbocycles. The second kappa shape index (κ2) is 6.84. The number of ether oxygens (including phenoxy) is 2. The number of nitrogens with one attached hydrogen (secondary N) is 1. The van der Waals surface area contributed by atoms with Crippen molar-refractivity contribution in [3.63, 3.8) is 0 Å². The van der Waals surface area contributed by atoms with Crippen LogP contribution in [0.5, 0.6) is 11.5 Å². The van der Waals surface area contributed by atoms with Crippen LogP contribution in [0, 0.1) is 0 Å². The van der Waals surface area contributed by atoms with E-state index in [-0.39, 0.29) is 18.6 Å². The molecule has 0 bridgehead atoms. The third kappa shape index (κ3) is 3.13. The molecule has 6 nitrogen and oxygen atoms in total. The number of halogens is 1. The molecule has 0 radical (unpaired) electrons. The zero-order valence-corrected chi connectivity index (χ0v) is 15.5. The lowest BCUT2D eigenvalue weighted by Gasteiger charge is -2.20. The molecule has 3 rings (SSSR count). The summed E-state index contributed by atoms with van der Waals surface area (Å²) < 4.78 is 11.5. The Morgan fingerprint density at radius 3 is 2.79 bits per heavy atom. The van der Waals surface area contributed by atoms with Gasteiger partial charge in [0.1, 0.15) is 0 Å². The summed E-state index contributed by atoms with van der Waals surface area (Å²) >= 11 is 3.50. The monoisotopic (exact) mass is 393 g/mol. The van der Waals surface area contributed by atoms with E-state index in [9.17, 15) is 4.79 Å². The van der Waals surface area contributed by atoms with Gasteiger partial charge in [0.25, 0.3) is 5.91 Å². The minimum absolute atomic E-state index is 0.106. The van der Waals surface area contributed by atoms with Gasteiger partial charge in [-0.15, -0.1) is 0 Å². The van der Waals surface area contributed by atoms with Gasteiger partial charge in [-0.1, -0.05) is 19.9 Å². The summed E-state index contributed by atoms with van der Waals surface area (Å²) in [6.45, 7) is 7.38. The molecule has 0 saturated heterocycles. The smallest absolute Gasteiger partial charge is 0.275 e. The highest BCUT2D eigenvalue weighted by atomic mass is 79.9. The number of rotatable bonds is 5. The first kappa shape index (κ1) is 16.8. The molecule has 7 heteroatoms. The average Bonchev–Trinajstić information content (AvgIpc) is 3.17. The Morgan fingerprint density at radius 1 is 1.38 bits per heavy atom. The standard InChI is InChI=1S/C17H20BrN3O3/c1-4-21(8-11-5-6-12-13(7-11)24-9-23-12)17(22)16-14(18)15(10(2)3)19-20-16/h5-7,10H,4,8-9H2,1-3H3,(H,19,20). The predicted octanol–water partition coefficient (Wildman–Crippen LogP) is 3.69. The fraction of sp³-hybridized carbons (Fsp3) is 0.412. The van der Waals surface area contributed by atoms with Crippen LogP contribution in [-0.4, -0.2) is 34.3 Å². The van der Waals surface area contributed by atoms with Crippen molar-refractivity contribution in [2.24, 2.45) is 0 Å².